The summed E-state index contributed by atoms with van der Waals surface area (Å²) in [5.74, 6) is -0.620. The van der Waals surface area contributed by atoms with Crippen molar-refractivity contribution in [3.05, 3.63) is 45.9 Å². The van der Waals surface area contributed by atoms with Crippen molar-refractivity contribution in [2.24, 2.45) is 13.0 Å². The van der Waals surface area contributed by atoms with Crippen LogP contribution in [0.5, 0.6) is 0 Å². The van der Waals surface area contributed by atoms with E-state index in [9.17, 15) is 14.3 Å². The minimum atomic E-state index is -0.524. The SMILES string of the molecule is C[C@H]1CN(C(=O)CO)CC2=C1Cc1c(F)c(Cl)cc(-c3ccn(C)n3)c12. The van der Waals surface area contributed by atoms with E-state index in [-0.39, 0.29) is 16.8 Å². The fourth-order valence-electron chi connectivity index (χ4n) is 4.05. The van der Waals surface area contributed by atoms with E-state index in [1.165, 1.54) is 0 Å². The topological polar surface area (TPSA) is 58.4 Å². The Bertz CT molecular complexity index is 951. The van der Waals surface area contributed by atoms with Gasteiger partial charge in [0, 0.05) is 37.5 Å². The first-order valence-electron chi connectivity index (χ1n) is 8.52. The molecule has 0 radical (unpaired) electrons. The van der Waals surface area contributed by atoms with Crippen LogP contribution in [0.4, 0.5) is 4.39 Å². The number of rotatable bonds is 2. The number of halogens is 2. The quantitative estimate of drug-likeness (QED) is 0.878. The Morgan fingerprint density at radius 3 is 2.92 bits per heavy atom. The number of aliphatic hydroxyl groups excluding tert-OH is 1. The van der Waals surface area contributed by atoms with Crippen LogP contribution in [0.2, 0.25) is 5.02 Å². The Hall–Kier alpha value is -2.18. The maximum atomic E-state index is 14.8. The number of hydrogen-bond acceptors (Lipinski definition) is 3. The molecule has 26 heavy (non-hydrogen) atoms. The van der Waals surface area contributed by atoms with Crippen molar-refractivity contribution in [3.8, 4) is 11.3 Å². The summed E-state index contributed by atoms with van der Waals surface area (Å²) in [5, 5.41) is 13.8. The molecule has 5 nitrogen and oxygen atoms in total. The molecule has 0 unspecified atom stereocenters. The lowest BCUT2D eigenvalue weighted by atomic mass is 9.90. The molecule has 7 heteroatoms. The summed E-state index contributed by atoms with van der Waals surface area (Å²) < 4.78 is 16.5. The third-order valence-electron chi connectivity index (χ3n) is 5.29. The van der Waals surface area contributed by atoms with Crippen molar-refractivity contribution in [3.63, 3.8) is 0 Å². The highest BCUT2D eigenvalue weighted by molar-refractivity contribution is 6.31. The predicted molar refractivity (Wildman–Crippen MR) is 97.1 cm³/mol. The van der Waals surface area contributed by atoms with Crippen LogP contribution in [0.25, 0.3) is 16.8 Å². The number of carbonyl (C=O) groups excluding carboxylic acids is 1. The van der Waals surface area contributed by atoms with Gasteiger partial charge < -0.3 is 10.0 Å². The van der Waals surface area contributed by atoms with Crippen molar-refractivity contribution >= 4 is 23.1 Å². The molecule has 1 aliphatic carbocycles. The van der Waals surface area contributed by atoms with E-state index in [0.29, 0.717) is 25.1 Å². The van der Waals surface area contributed by atoms with Crippen LogP contribution in [0.15, 0.2) is 23.9 Å². The van der Waals surface area contributed by atoms with Crippen molar-refractivity contribution in [2.45, 2.75) is 13.3 Å². The Labute approximate surface area is 155 Å². The van der Waals surface area contributed by atoms with Gasteiger partial charge >= 0.3 is 0 Å². The summed E-state index contributed by atoms with van der Waals surface area (Å²) >= 11 is 6.16. The Kier molecular flexibility index (Phi) is 4.12. The lowest BCUT2D eigenvalue weighted by molar-refractivity contribution is -0.134. The van der Waals surface area contributed by atoms with Gasteiger partial charge in [0.1, 0.15) is 12.4 Å². The second kappa shape index (κ2) is 6.21. The van der Waals surface area contributed by atoms with Crippen molar-refractivity contribution < 1.29 is 14.3 Å². The van der Waals surface area contributed by atoms with Crippen LogP contribution in [-0.2, 0) is 18.3 Å². The number of aliphatic hydroxyl groups is 1. The average molecular weight is 376 g/mol. The lowest BCUT2D eigenvalue weighted by Crippen LogP contribution is -2.41. The maximum Gasteiger partial charge on any atom is 0.248 e. The summed E-state index contributed by atoms with van der Waals surface area (Å²) in [6.07, 6.45) is 2.33. The van der Waals surface area contributed by atoms with E-state index in [1.54, 1.807) is 15.6 Å². The monoisotopic (exact) mass is 375 g/mol. The predicted octanol–water partition coefficient (Wildman–Crippen LogP) is 2.66. The molecule has 0 saturated carbocycles. The van der Waals surface area contributed by atoms with E-state index < -0.39 is 12.4 Å². The van der Waals surface area contributed by atoms with Crippen LogP contribution >= 0.6 is 11.6 Å². The highest BCUT2D eigenvalue weighted by atomic mass is 35.5. The van der Waals surface area contributed by atoms with E-state index in [4.69, 9.17) is 11.6 Å². The molecule has 4 rings (SSSR count). The molecule has 1 amide bonds. The Morgan fingerprint density at radius 2 is 2.27 bits per heavy atom. The molecule has 0 spiro atoms. The number of fused-ring (bicyclic) bond motifs is 2. The zero-order valence-electron chi connectivity index (χ0n) is 14.6. The number of nitrogens with zero attached hydrogens (tertiary/aromatic N) is 3. The summed E-state index contributed by atoms with van der Waals surface area (Å²) in [5.41, 5.74) is 4.97. The van der Waals surface area contributed by atoms with E-state index in [2.05, 4.69) is 5.10 Å². The van der Waals surface area contributed by atoms with Gasteiger partial charge in [0.2, 0.25) is 5.91 Å². The third-order valence-corrected chi connectivity index (χ3v) is 5.56. The molecule has 1 aromatic heterocycles. The first-order valence-corrected chi connectivity index (χ1v) is 8.90. The highest BCUT2D eigenvalue weighted by Crippen LogP contribution is 2.46. The van der Waals surface area contributed by atoms with Gasteiger partial charge in [0.05, 0.1) is 10.7 Å². The van der Waals surface area contributed by atoms with Crippen LogP contribution in [0.3, 0.4) is 0 Å². The molecule has 0 fully saturated rings. The number of aryl methyl sites for hydroxylation is 1. The van der Waals surface area contributed by atoms with E-state index in [0.717, 1.165) is 28.0 Å². The maximum absolute atomic E-state index is 14.8. The number of benzene rings is 1. The molecule has 2 heterocycles. The smallest absolute Gasteiger partial charge is 0.248 e. The molecule has 1 N–H and O–H groups in total. The van der Waals surface area contributed by atoms with Crippen molar-refractivity contribution in [1.29, 1.82) is 0 Å². The van der Waals surface area contributed by atoms with E-state index >= 15 is 0 Å². The van der Waals surface area contributed by atoms with Gasteiger partial charge in [0.25, 0.3) is 0 Å². The first kappa shape index (κ1) is 17.2. The summed E-state index contributed by atoms with van der Waals surface area (Å²) in [4.78, 5) is 13.7. The van der Waals surface area contributed by atoms with Crippen LogP contribution in [0, 0.1) is 11.7 Å². The minimum absolute atomic E-state index is 0.0835. The molecule has 1 aliphatic heterocycles. The van der Waals surface area contributed by atoms with Gasteiger partial charge in [-0.15, -0.1) is 0 Å². The molecule has 136 valence electrons. The minimum Gasteiger partial charge on any atom is -0.387 e. The summed E-state index contributed by atoms with van der Waals surface area (Å²) in [7, 11) is 1.82. The number of hydrogen-bond donors (Lipinski definition) is 1. The van der Waals surface area contributed by atoms with Gasteiger partial charge in [0.15, 0.2) is 0 Å². The molecule has 1 aromatic carbocycles. The standard InChI is InChI=1S/C19H19ClFN3O2/c1-10-7-24(17(26)9-25)8-14-11(10)5-13-18(14)12(6-15(20)19(13)21)16-3-4-23(2)22-16/h3-4,6,10,25H,5,7-9H2,1-2H3/t10-/m0/s1. The van der Waals surface area contributed by atoms with Crippen molar-refractivity contribution in [2.75, 3.05) is 19.7 Å². The molecule has 0 saturated heterocycles. The molecule has 2 aromatic rings. The molecular weight excluding hydrogens is 357 g/mol. The van der Waals surface area contributed by atoms with Gasteiger partial charge in [-0.25, -0.2) is 4.39 Å². The number of aromatic nitrogens is 2. The largest absolute Gasteiger partial charge is 0.387 e. The zero-order valence-corrected chi connectivity index (χ0v) is 15.3. The average Bonchev–Trinajstić information content (AvgIpc) is 3.22. The fourth-order valence-corrected chi connectivity index (χ4v) is 4.27. The first-order chi connectivity index (χ1) is 12.4. The summed E-state index contributed by atoms with van der Waals surface area (Å²) in [6, 6.07) is 3.48. The molecule has 0 bridgehead atoms. The van der Waals surface area contributed by atoms with Gasteiger partial charge in [-0.2, -0.15) is 5.10 Å². The highest BCUT2D eigenvalue weighted by Gasteiger charge is 2.36. The Balaban J connectivity index is 1.90. The second-order valence-electron chi connectivity index (χ2n) is 6.96. The normalized spacial score (nSPS) is 19.0. The second-order valence-corrected chi connectivity index (χ2v) is 7.37. The van der Waals surface area contributed by atoms with Crippen molar-refractivity contribution in [1.82, 2.24) is 14.7 Å². The number of amides is 1. The molecule has 1 atom stereocenters. The Morgan fingerprint density at radius 1 is 1.50 bits per heavy atom. The summed E-state index contributed by atoms with van der Waals surface area (Å²) in [6.45, 7) is 2.40. The lowest BCUT2D eigenvalue weighted by Gasteiger charge is -2.33. The fraction of sp³-hybridized carbons (Fsp3) is 0.368. The molecule has 2 aliphatic rings. The number of carbonyl (C=O) groups is 1. The zero-order chi connectivity index (χ0) is 18.6. The van der Waals surface area contributed by atoms with Crippen LogP contribution in [0.1, 0.15) is 18.1 Å². The van der Waals surface area contributed by atoms with E-state index in [1.807, 2.05) is 26.2 Å². The van der Waals surface area contributed by atoms with Crippen LogP contribution in [-0.4, -0.2) is 45.4 Å². The van der Waals surface area contributed by atoms with Gasteiger partial charge in [-0.3, -0.25) is 9.48 Å². The third kappa shape index (κ3) is 2.56. The molecular formula is C19H19ClFN3O2. The van der Waals surface area contributed by atoms with Gasteiger partial charge in [-0.05, 0) is 35.6 Å². The van der Waals surface area contributed by atoms with Gasteiger partial charge in [-0.1, -0.05) is 24.1 Å². The van der Waals surface area contributed by atoms with Crippen LogP contribution < -0.4 is 0 Å².